The average Bonchev–Trinajstić information content (AvgIpc) is 3.04. The molecule has 8 heteroatoms. The van der Waals surface area contributed by atoms with Gasteiger partial charge in [-0.3, -0.25) is 0 Å². The van der Waals surface area contributed by atoms with Gasteiger partial charge in [-0.05, 0) is 41.8 Å². The third-order valence-corrected chi connectivity index (χ3v) is 5.40. The highest BCUT2D eigenvalue weighted by Crippen LogP contribution is 2.34. The molecule has 0 radical (unpaired) electrons. The van der Waals surface area contributed by atoms with E-state index in [1.54, 1.807) is 42.5 Å². The van der Waals surface area contributed by atoms with E-state index in [-0.39, 0.29) is 25.5 Å². The van der Waals surface area contributed by atoms with Gasteiger partial charge in [0, 0.05) is 11.6 Å². The lowest BCUT2D eigenvalue weighted by molar-refractivity contribution is 0.166. The number of nitrogens with one attached hydrogen (secondary N) is 1. The first-order valence-electron chi connectivity index (χ1n) is 7.72. The molecule has 0 fully saturated rings. The fraction of sp³-hybridized carbons (Fsp3) is 0.294. The van der Waals surface area contributed by atoms with Gasteiger partial charge in [0.2, 0.25) is 16.8 Å². The van der Waals surface area contributed by atoms with Gasteiger partial charge in [0.1, 0.15) is 0 Å². The first kappa shape index (κ1) is 18.0. The van der Waals surface area contributed by atoms with E-state index in [1.807, 2.05) is 0 Å². The fourth-order valence-electron chi connectivity index (χ4n) is 2.49. The lowest BCUT2D eigenvalue weighted by Crippen LogP contribution is -2.27. The van der Waals surface area contributed by atoms with Crippen molar-refractivity contribution in [2.24, 2.45) is 0 Å². The van der Waals surface area contributed by atoms with Gasteiger partial charge in [-0.1, -0.05) is 29.8 Å². The Kier molecular flexibility index (Phi) is 5.48. The number of ether oxygens (including phenoxy) is 2. The maximum absolute atomic E-state index is 12.1. The highest BCUT2D eigenvalue weighted by atomic mass is 35.5. The Bertz CT molecular complexity index is 839. The molecule has 0 saturated carbocycles. The molecule has 0 aliphatic carbocycles. The SMILES string of the molecule is O=S(=O)(Cc1ccc(Cl)cc1)NCCC(O)c1ccc2c(c1)OCO2. The van der Waals surface area contributed by atoms with Gasteiger partial charge in [-0.25, -0.2) is 13.1 Å². The highest BCUT2D eigenvalue weighted by molar-refractivity contribution is 7.88. The number of rotatable bonds is 7. The van der Waals surface area contributed by atoms with Gasteiger partial charge in [0.25, 0.3) is 0 Å². The van der Waals surface area contributed by atoms with Crippen LogP contribution in [-0.2, 0) is 15.8 Å². The Hall–Kier alpha value is -1.80. The van der Waals surface area contributed by atoms with Crippen molar-refractivity contribution in [3.8, 4) is 11.5 Å². The quantitative estimate of drug-likeness (QED) is 0.767. The van der Waals surface area contributed by atoms with Gasteiger partial charge in [-0.2, -0.15) is 0 Å². The molecule has 0 aromatic heterocycles. The summed E-state index contributed by atoms with van der Waals surface area (Å²) in [6.07, 6.45) is -0.549. The minimum atomic E-state index is -3.48. The second kappa shape index (κ2) is 7.61. The topological polar surface area (TPSA) is 84.9 Å². The van der Waals surface area contributed by atoms with E-state index in [1.165, 1.54) is 0 Å². The monoisotopic (exact) mass is 383 g/mol. The van der Waals surface area contributed by atoms with Crippen molar-refractivity contribution in [2.75, 3.05) is 13.3 Å². The standard InChI is InChI=1S/C17H18ClNO5S/c18-14-4-1-12(2-5-14)10-25(21,22)19-8-7-15(20)13-3-6-16-17(9-13)24-11-23-16/h1-6,9,15,19-20H,7-8,10-11H2. The Balaban J connectivity index is 1.52. The molecule has 1 aliphatic heterocycles. The van der Waals surface area contributed by atoms with E-state index >= 15 is 0 Å². The van der Waals surface area contributed by atoms with Gasteiger partial charge < -0.3 is 14.6 Å². The number of aliphatic hydroxyl groups is 1. The van der Waals surface area contributed by atoms with Crippen molar-refractivity contribution in [2.45, 2.75) is 18.3 Å². The second-order valence-electron chi connectivity index (χ2n) is 5.70. The van der Waals surface area contributed by atoms with E-state index in [9.17, 15) is 13.5 Å². The molecule has 0 spiro atoms. The fourth-order valence-corrected chi connectivity index (χ4v) is 3.78. The molecule has 2 aromatic carbocycles. The predicted molar refractivity (Wildman–Crippen MR) is 94.2 cm³/mol. The Labute approximate surface area is 151 Å². The molecular formula is C17H18ClNO5S. The zero-order valence-electron chi connectivity index (χ0n) is 13.3. The molecule has 0 bridgehead atoms. The molecule has 2 aromatic rings. The predicted octanol–water partition coefficient (Wildman–Crippen LogP) is 2.61. The summed E-state index contributed by atoms with van der Waals surface area (Å²) >= 11 is 5.79. The number of fused-ring (bicyclic) bond motifs is 1. The molecule has 134 valence electrons. The van der Waals surface area contributed by atoms with Crippen molar-refractivity contribution in [3.63, 3.8) is 0 Å². The third-order valence-electron chi connectivity index (χ3n) is 3.79. The number of aliphatic hydroxyl groups excluding tert-OH is 1. The van der Waals surface area contributed by atoms with Gasteiger partial charge >= 0.3 is 0 Å². The summed E-state index contributed by atoms with van der Waals surface area (Å²) in [7, 11) is -3.48. The third kappa shape index (κ3) is 4.85. The molecule has 0 amide bonds. The molecule has 3 rings (SSSR count). The van der Waals surface area contributed by atoms with Crippen molar-refractivity contribution in [1.82, 2.24) is 4.72 Å². The molecule has 1 atom stereocenters. The van der Waals surface area contributed by atoms with E-state index in [0.717, 1.165) is 0 Å². The van der Waals surface area contributed by atoms with Gasteiger partial charge in [-0.15, -0.1) is 0 Å². The molecular weight excluding hydrogens is 366 g/mol. The van der Waals surface area contributed by atoms with Crippen LogP contribution in [0.25, 0.3) is 0 Å². The summed E-state index contributed by atoms with van der Waals surface area (Å²) in [6.45, 7) is 0.297. The summed E-state index contributed by atoms with van der Waals surface area (Å²) < 4.78 is 37.2. The van der Waals surface area contributed by atoms with Crippen LogP contribution in [0.3, 0.4) is 0 Å². The molecule has 25 heavy (non-hydrogen) atoms. The zero-order chi connectivity index (χ0) is 17.9. The number of benzene rings is 2. The number of halogens is 1. The van der Waals surface area contributed by atoms with Crippen LogP contribution < -0.4 is 14.2 Å². The van der Waals surface area contributed by atoms with Crippen molar-refractivity contribution >= 4 is 21.6 Å². The van der Waals surface area contributed by atoms with Crippen LogP contribution in [0.2, 0.25) is 5.02 Å². The zero-order valence-corrected chi connectivity index (χ0v) is 14.9. The largest absolute Gasteiger partial charge is 0.454 e. The average molecular weight is 384 g/mol. The van der Waals surface area contributed by atoms with E-state index in [4.69, 9.17) is 21.1 Å². The lowest BCUT2D eigenvalue weighted by atomic mass is 10.1. The second-order valence-corrected chi connectivity index (χ2v) is 7.94. The first-order valence-corrected chi connectivity index (χ1v) is 9.75. The summed E-state index contributed by atoms with van der Waals surface area (Å²) in [5, 5.41) is 10.8. The van der Waals surface area contributed by atoms with Crippen LogP contribution in [0.4, 0.5) is 0 Å². The molecule has 1 aliphatic rings. The van der Waals surface area contributed by atoms with Crippen LogP contribution in [0.5, 0.6) is 11.5 Å². The van der Waals surface area contributed by atoms with E-state index in [0.29, 0.717) is 27.6 Å². The van der Waals surface area contributed by atoms with E-state index < -0.39 is 16.1 Å². The van der Waals surface area contributed by atoms with Crippen molar-refractivity contribution < 1.29 is 23.0 Å². The Morgan fingerprint density at radius 3 is 2.60 bits per heavy atom. The summed E-state index contributed by atoms with van der Waals surface area (Å²) in [5.41, 5.74) is 1.30. The summed E-state index contributed by atoms with van der Waals surface area (Å²) in [6, 6.07) is 11.8. The highest BCUT2D eigenvalue weighted by Gasteiger charge is 2.17. The van der Waals surface area contributed by atoms with Crippen LogP contribution in [0.15, 0.2) is 42.5 Å². The molecule has 0 saturated heterocycles. The minimum Gasteiger partial charge on any atom is -0.454 e. The maximum Gasteiger partial charge on any atom is 0.231 e. The lowest BCUT2D eigenvalue weighted by Gasteiger charge is -2.12. The Morgan fingerprint density at radius 1 is 1.12 bits per heavy atom. The number of sulfonamides is 1. The van der Waals surface area contributed by atoms with Crippen LogP contribution in [0, 0.1) is 0 Å². The maximum atomic E-state index is 12.1. The van der Waals surface area contributed by atoms with Crippen molar-refractivity contribution in [1.29, 1.82) is 0 Å². The van der Waals surface area contributed by atoms with E-state index in [2.05, 4.69) is 4.72 Å². The number of hydrogen-bond donors (Lipinski definition) is 2. The van der Waals surface area contributed by atoms with Crippen LogP contribution >= 0.6 is 11.6 Å². The number of hydrogen-bond acceptors (Lipinski definition) is 5. The molecule has 6 nitrogen and oxygen atoms in total. The van der Waals surface area contributed by atoms with Crippen molar-refractivity contribution in [3.05, 3.63) is 58.6 Å². The normalized spacial score (nSPS) is 14.5. The molecule has 1 unspecified atom stereocenters. The summed E-state index contributed by atoms with van der Waals surface area (Å²) in [5.74, 6) is 1.09. The van der Waals surface area contributed by atoms with Gasteiger partial charge in [0.15, 0.2) is 11.5 Å². The first-order chi connectivity index (χ1) is 11.9. The Morgan fingerprint density at radius 2 is 1.84 bits per heavy atom. The van der Waals surface area contributed by atoms with Crippen LogP contribution in [0.1, 0.15) is 23.7 Å². The molecule has 2 N–H and O–H groups in total. The van der Waals surface area contributed by atoms with Gasteiger partial charge in [0.05, 0.1) is 11.9 Å². The summed E-state index contributed by atoms with van der Waals surface area (Å²) in [4.78, 5) is 0. The molecule has 1 heterocycles. The van der Waals surface area contributed by atoms with Crippen LogP contribution in [-0.4, -0.2) is 26.9 Å². The minimum absolute atomic E-state index is 0.130. The smallest absolute Gasteiger partial charge is 0.231 e.